The fourth-order valence-corrected chi connectivity index (χ4v) is 1.56. The average molecular weight is 257 g/mol. The van der Waals surface area contributed by atoms with Crippen molar-refractivity contribution in [1.82, 2.24) is 10.6 Å². The molecule has 0 aromatic carbocycles. The summed E-state index contributed by atoms with van der Waals surface area (Å²) in [5, 5.41) is 5.33. The second kappa shape index (κ2) is 8.91. The van der Waals surface area contributed by atoms with Gasteiger partial charge in [0.25, 0.3) is 0 Å². The summed E-state index contributed by atoms with van der Waals surface area (Å²) in [5.41, 5.74) is 5.59. The summed E-state index contributed by atoms with van der Waals surface area (Å²) in [6.07, 6.45) is 3.02. The van der Waals surface area contributed by atoms with E-state index in [1.165, 1.54) is 0 Å². The zero-order valence-electron chi connectivity index (χ0n) is 11.8. The van der Waals surface area contributed by atoms with E-state index in [0.717, 1.165) is 19.3 Å². The van der Waals surface area contributed by atoms with E-state index in [1.807, 2.05) is 6.92 Å². The molecule has 0 spiro atoms. The number of hydrogen-bond acceptors (Lipinski definition) is 3. The maximum Gasteiger partial charge on any atom is 0.239 e. The molecule has 0 saturated heterocycles. The van der Waals surface area contributed by atoms with Gasteiger partial charge < -0.3 is 16.4 Å². The molecule has 0 unspecified atom stereocenters. The molecule has 0 aliphatic carbocycles. The van der Waals surface area contributed by atoms with Crippen LogP contribution in [0.3, 0.4) is 0 Å². The van der Waals surface area contributed by atoms with Crippen molar-refractivity contribution in [2.24, 2.45) is 11.1 Å². The molecule has 0 saturated carbocycles. The molecule has 0 aliphatic rings. The number of nitrogens with one attached hydrogen (secondary N) is 2. The third kappa shape index (κ3) is 8.98. The van der Waals surface area contributed by atoms with E-state index in [9.17, 15) is 9.59 Å². The van der Waals surface area contributed by atoms with E-state index >= 15 is 0 Å². The van der Waals surface area contributed by atoms with Crippen molar-refractivity contribution < 1.29 is 9.59 Å². The minimum atomic E-state index is -0.133. The van der Waals surface area contributed by atoms with Crippen molar-refractivity contribution in [2.45, 2.75) is 46.5 Å². The van der Waals surface area contributed by atoms with Crippen LogP contribution in [0, 0.1) is 5.41 Å². The Balaban J connectivity index is 3.75. The van der Waals surface area contributed by atoms with E-state index in [4.69, 9.17) is 5.73 Å². The fraction of sp³-hybridized carbons (Fsp3) is 0.846. The smallest absolute Gasteiger partial charge is 0.239 e. The van der Waals surface area contributed by atoms with Gasteiger partial charge in [0.2, 0.25) is 11.8 Å². The van der Waals surface area contributed by atoms with Crippen LogP contribution in [0.25, 0.3) is 0 Å². The van der Waals surface area contributed by atoms with Crippen LogP contribution in [0.1, 0.15) is 46.5 Å². The van der Waals surface area contributed by atoms with E-state index in [1.54, 1.807) is 0 Å². The molecule has 2 amide bonds. The standard InChI is InChI=1S/C13H27N3O2/c1-4-9-15-12(18)10-16-11(17)5-6-13(2,3)7-8-14/h4-10,14H2,1-3H3,(H,15,18)(H,16,17). The zero-order valence-corrected chi connectivity index (χ0v) is 11.8. The molecule has 0 heterocycles. The predicted octanol–water partition coefficient (Wildman–Crippen LogP) is 0.784. The first-order valence-electron chi connectivity index (χ1n) is 6.64. The molecule has 0 rings (SSSR count). The molecule has 0 aliphatic heterocycles. The Kier molecular flexibility index (Phi) is 8.37. The number of carbonyl (C=O) groups excluding carboxylic acids is 2. The van der Waals surface area contributed by atoms with Crippen LogP contribution in [-0.4, -0.2) is 31.4 Å². The third-order valence-corrected chi connectivity index (χ3v) is 2.87. The lowest BCUT2D eigenvalue weighted by Crippen LogP contribution is -2.37. The second-order valence-electron chi connectivity index (χ2n) is 5.33. The maximum absolute atomic E-state index is 11.5. The topological polar surface area (TPSA) is 84.2 Å². The van der Waals surface area contributed by atoms with Crippen LogP contribution in [0.5, 0.6) is 0 Å². The average Bonchev–Trinajstić information content (AvgIpc) is 2.31. The number of carbonyl (C=O) groups is 2. The van der Waals surface area contributed by atoms with Gasteiger partial charge in [0.15, 0.2) is 0 Å². The van der Waals surface area contributed by atoms with Crippen molar-refractivity contribution in [3.8, 4) is 0 Å². The van der Waals surface area contributed by atoms with Gasteiger partial charge in [-0.1, -0.05) is 20.8 Å². The van der Waals surface area contributed by atoms with Gasteiger partial charge in [0, 0.05) is 13.0 Å². The minimum Gasteiger partial charge on any atom is -0.355 e. The van der Waals surface area contributed by atoms with Gasteiger partial charge in [-0.3, -0.25) is 9.59 Å². The summed E-state index contributed by atoms with van der Waals surface area (Å²) in [6, 6.07) is 0. The molecule has 4 N–H and O–H groups in total. The Hall–Kier alpha value is -1.10. The Morgan fingerprint density at radius 1 is 1.11 bits per heavy atom. The minimum absolute atomic E-state index is 0.0656. The molecule has 0 aromatic rings. The van der Waals surface area contributed by atoms with Crippen LogP contribution in [0.4, 0.5) is 0 Å². The molecular weight excluding hydrogens is 230 g/mol. The van der Waals surface area contributed by atoms with E-state index < -0.39 is 0 Å². The zero-order chi connectivity index (χ0) is 14.0. The monoisotopic (exact) mass is 257 g/mol. The summed E-state index contributed by atoms with van der Waals surface area (Å²) < 4.78 is 0. The lowest BCUT2D eigenvalue weighted by atomic mass is 9.84. The van der Waals surface area contributed by atoms with Gasteiger partial charge in [0.1, 0.15) is 0 Å². The summed E-state index contributed by atoms with van der Waals surface area (Å²) in [6.45, 7) is 7.53. The van der Waals surface area contributed by atoms with Crippen molar-refractivity contribution in [3.05, 3.63) is 0 Å². The highest BCUT2D eigenvalue weighted by Gasteiger charge is 2.18. The van der Waals surface area contributed by atoms with Gasteiger partial charge in [-0.2, -0.15) is 0 Å². The summed E-state index contributed by atoms with van der Waals surface area (Å²) in [7, 11) is 0. The number of hydrogen-bond donors (Lipinski definition) is 3. The Morgan fingerprint density at radius 3 is 2.33 bits per heavy atom. The first kappa shape index (κ1) is 16.9. The van der Waals surface area contributed by atoms with Crippen molar-refractivity contribution in [3.63, 3.8) is 0 Å². The normalized spacial score (nSPS) is 11.1. The van der Waals surface area contributed by atoms with Crippen LogP contribution in [0.15, 0.2) is 0 Å². The highest BCUT2D eigenvalue weighted by molar-refractivity contribution is 5.84. The quantitative estimate of drug-likeness (QED) is 0.571. The van der Waals surface area contributed by atoms with Crippen LogP contribution < -0.4 is 16.4 Å². The molecule has 0 atom stereocenters. The van der Waals surface area contributed by atoms with Crippen molar-refractivity contribution in [1.29, 1.82) is 0 Å². The third-order valence-electron chi connectivity index (χ3n) is 2.87. The molecule has 18 heavy (non-hydrogen) atoms. The first-order chi connectivity index (χ1) is 8.41. The summed E-state index contributed by atoms with van der Waals surface area (Å²) >= 11 is 0. The van der Waals surface area contributed by atoms with E-state index in [0.29, 0.717) is 19.5 Å². The molecule has 0 fully saturated rings. The summed E-state index contributed by atoms with van der Waals surface area (Å²) in [5.74, 6) is -0.210. The van der Waals surface area contributed by atoms with Gasteiger partial charge in [-0.05, 0) is 31.2 Å². The van der Waals surface area contributed by atoms with Gasteiger partial charge in [-0.25, -0.2) is 0 Å². The van der Waals surface area contributed by atoms with Crippen LogP contribution >= 0.6 is 0 Å². The second-order valence-corrected chi connectivity index (χ2v) is 5.33. The molecule has 0 bridgehead atoms. The molecule has 5 nitrogen and oxygen atoms in total. The number of amides is 2. The van der Waals surface area contributed by atoms with Crippen molar-refractivity contribution >= 4 is 11.8 Å². The number of rotatable bonds is 9. The SMILES string of the molecule is CCCNC(=O)CNC(=O)CCC(C)(C)CCN. The van der Waals surface area contributed by atoms with Gasteiger partial charge >= 0.3 is 0 Å². The largest absolute Gasteiger partial charge is 0.355 e. The lowest BCUT2D eigenvalue weighted by molar-refractivity contribution is -0.126. The highest BCUT2D eigenvalue weighted by Crippen LogP contribution is 2.25. The Morgan fingerprint density at radius 2 is 1.78 bits per heavy atom. The maximum atomic E-state index is 11.5. The number of nitrogens with two attached hydrogens (primary N) is 1. The molecular formula is C13H27N3O2. The fourth-order valence-electron chi connectivity index (χ4n) is 1.56. The predicted molar refractivity (Wildman–Crippen MR) is 73.0 cm³/mol. The van der Waals surface area contributed by atoms with Crippen molar-refractivity contribution in [2.75, 3.05) is 19.6 Å². The highest BCUT2D eigenvalue weighted by atomic mass is 16.2. The molecule has 5 heteroatoms. The Bertz CT molecular complexity index is 265. The molecule has 0 radical (unpaired) electrons. The first-order valence-corrected chi connectivity index (χ1v) is 6.64. The van der Waals surface area contributed by atoms with E-state index in [2.05, 4.69) is 24.5 Å². The van der Waals surface area contributed by atoms with Gasteiger partial charge in [0.05, 0.1) is 6.54 Å². The van der Waals surface area contributed by atoms with Crippen LogP contribution in [-0.2, 0) is 9.59 Å². The Labute approximate surface area is 110 Å². The summed E-state index contributed by atoms with van der Waals surface area (Å²) in [4.78, 5) is 22.8. The molecule has 106 valence electrons. The lowest BCUT2D eigenvalue weighted by Gasteiger charge is -2.23. The van der Waals surface area contributed by atoms with Crippen LogP contribution in [0.2, 0.25) is 0 Å². The van der Waals surface area contributed by atoms with E-state index in [-0.39, 0.29) is 23.8 Å². The van der Waals surface area contributed by atoms with Gasteiger partial charge in [-0.15, -0.1) is 0 Å². The molecule has 0 aromatic heterocycles.